The van der Waals surface area contributed by atoms with Gasteiger partial charge < -0.3 is 24.7 Å². The molecule has 0 bridgehead atoms. The molecule has 4 aromatic rings. The summed E-state index contributed by atoms with van der Waals surface area (Å²) in [6.07, 6.45) is 3.57. The molecule has 0 unspecified atom stereocenters. The van der Waals surface area contributed by atoms with E-state index in [1.807, 2.05) is 59.2 Å². The molecule has 0 saturated carbocycles. The van der Waals surface area contributed by atoms with Crippen molar-refractivity contribution >= 4 is 23.2 Å². The van der Waals surface area contributed by atoms with Gasteiger partial charge in [-0.05, 0) is 59.0 Å². The first-order valence-corrected chi connectivity index (χ1v) is 12.4. The number of ether oxygens (including phenoxy) is 2. The summed E-state index contributed by atoms with van der Waals surface area (Å²) in [4.78, 5) is 29.4. The van der Waals surface area contributed by atoms with E-state index in [1.165, 1.54) is 5.56 Å². The van der Waals surface area contributed by atoms with E-state index >= 15 is 0 Å². The molecule has 0 spiro atoms. The Kier molecular flexibility index (Phi) is 8.43. The van der Waals surface area contributed by atoms with Crippen molar-refractivity contribution in [2.24, 2.45) is 0 Å². The zero-order valence-corrected chi connectivity index (χ0v) is 22.0. The molecule has 0 aliphatic heterocycles. The number of aromatic nitrogens is 2. The topological polar surface area (TPSA) is 94.5 Å². The Morgan fingerprint density at radius 3 is 2.13 bits per heavy atom. The predicted molar refractivity (Wildman–Crippen MR) is 148 cm³/mol. The second kappa shape index (κ2) is 12.1. The average Bonchev–Trinajstić information content (AvgIpc) is 3.38. The maximum absolute atomic E-state index is 12.6. The van der Waals surface area contributed by atoms with E-state index in [2.05, 4.69) is 29.5 Å². The number of carbonyl (C=O) groups excluding carboxylic acids is 2. The predicted octanol–water partition coefficient (Wildman–Crippen LogP) is 5.51. The van der Waals surface area contributed by atoms with Crippen molar-refractivity contribution < 1.29 is 19.1 Å². The second-order valence-electron chi connectivity index (χ2n) is 9.27. The molecule has 8 nitrogen and oxygen atoms in total. The zero-order chi connectivity index (χ0) is 27.1. The lowest BCUT2D eigenvalue weighted by Crippen LogP contribution is -2.14. The first-order valence-electron chi connectivity index (χ1n) is 12.4. The lowest BCUT2D eigenvalue weighted by atomic mass is 10.0. The molecule has 1 heterocycles. The summed E-state index contributed by atoms with van der Waals surface area (Å²) >= 11 is 0. The molecule has 38 heavy (non-hydrogen) atoms. The van der Waals surface area contributed by atoms with Crippen LogP contribution < -0.4 is 20.1 Å². The van der Waals surface area contributed by atoms with Gasteiger partial charge in [0.2, 0.25) is 5.91 Å². The van der Waals surface area contributed by atoms with E-state index in [4.69, 9.17) is 9.47 Å². The summed E-state index contributed by atoms with van der Waals surface area (Å²) in [6.45, 7) is 4.81. The van der Waals surface area contributed by atoms with E-state index in [9.17, 15) is 9.59 Å². The number of anilines is 2. The number of rotatable bonds is 10. The fourth-order valence-corrected chi connectivity index (χ4v) is 4.00. The minimum Gasteiger partial charge on any atom is -0.493 e. The lowest BCUT2D eigenvalue weighted by molar-refractivity contribution is -0.115. The highest BCUT2D eigenvalue weighted by atomic mass is 16.5. The zero-order valence-electron chi connectivity index (χ0n) is 22.0. The molecule has 0 radical (unpaired) electrons. The van der Waals surface area contributed by atoms with Crippen LogP contribution in [-0.2, 0) is 17.8 Å². The summed E-state index contributed by atoms with van der Waals surface area (Å²) in [7, 11) is 3.14. The second-order valence-corrected chi connectivity index (χ2v) is 9.27. The van der Waals surface area contributed by atoms with Gasteiger partial charge in [0.15, 0.2) is 11.5 Å². The number of nitrogens with zero attached hydrogens (tertiary/aromatic N) is 2. The van der Waals surface area contributed by atoms with Crippen molar-refractivity contribution in [1.29, 1.82) is 0 Å². The highest BCUT2D eigenvalue weighted by Crippen LogP contribution is 2.28. The smallest absolute Gasteiger partial charge is 0.275 e. The average molecular weight is 513 g/mol. The number of imidazole rings is 1. The maximum Gasteiger partial charge on any atom is 0.275 e. The van der Waals surface area contributed by atoms with Crippen molar-refractivity contribution in [3.63, 3.8) is 0 Å². The summed E-state index contributed by atoms with van der Waals surface area (Å²) in [6, 6.07) is 20.8. The van der Waals surface area contributed by atoms with E-state index in [0.29, 0.717) is 35.3 Å². The summed E-state index contributed by atoms with van der Waals surface area (Å²) in [5.41, 5.74) is 4.83. The molecule has 0 atom stereocenters. The molecule has 8 heteroatoms. The third-order valence-corrected chi connectivity index (χ3v) is 6.12. The van der Waals surface area contributed by atoms with Crippen LogP contribution in [0.25, 0.3) is 0 Å². The lowest BCUT2D eigenvalue weighted by Gasteiger charge is -2.10. The van der Waals surface area contributed by atoms with Gasteiger partial charge in [0, 0.05) is 24.1 Å². The normalized spacial score (nSPS) is 10.8. The molecular weight excluding hydrogens is 480 g/mol. The number of nitrogens with one attached hydrogen (secondary N) is 2. The molecule has 0 aliphatic rings. The van der Waals surface area contributed by atoms with Gasteiger partial charge in [0.1, 0.15) is 5.69 Å². The number of methoxy groups -OCH3 is 2. The summed E-state index contributed by atoms with van der Waals surface area (Å²) < 4.78 is 12.4. The van der Waals surface area contributed by atoms with Crippen molar-refractivity contribution in [3.8, 4) is 11.5 Å². The monoisotopic (exact) mass is 512 g/mol. The number of benzene rings is 3. The Hall–Kier alpha value is -4.59. The first-order chi connectivity index (χ1) is 18.3. The fourth-order valence-electron chi connectivity index (χ4n) is 4.00. The minimum atomic E-state index is -0.256. The number of hydrogen-bond donors (Lipinski definition) is 2. The molecule has 0 fully saturated rings. The molecule has 1 aromatic heterocycles. The van der Waals surface area contributed by atoms with Crippen molar-refractivity contribution in [3.05, 3.63) is 102 Å². The van der Waals surface area contributed by atoms with Crippen LogP contribution in [0.3, 0.4) is 0 Å². The molecular formula is C30H32N4O4. The van der Waals surface area contributed by atoms with Gasteiger partial charge >= 0.3 is 0 Å². The number of hydrogen-bond acceptors (Lipinski definition) is 5. The number of carbonyl (C=O) groups is 2. The van der Waals surface area contributed by atoms with Crippen LogP contribution in [0, 0.1) is 0 Å². The van der Waals surface area contributed by atoms with Gasteiger partial charge in [0.25, 0.3) is 5.91 Å². The van der Waals surface area contributed by atoms with E-state index < -0.39 is 0 Å². The van der Waals surface area contributed by atoms with Crippen LogP contribution >= 0.6 is 0 Å². The molecule has 0 saturated heterocycles. The standard InChI is InChI=1S/C30H32N4O4/c1-20(2)23-8-12-25(13-9-23)33-30(36)26-18-34(19-31-26)17-21-5-10-24(11-6-21)32-29(35)16-22-7-14-27(37-3)28(15-22)38-4/h5-15,18-20H,16-17H2,1-4H3,(H,32,35)(H,33,36). The van der Waals surface area contributed by atoms with Crippen LogP contribution in [0.1, 0.15) is 46.9 Å². The third-order valence-electron chi connectivity index (χ3n) is 6.12. The quantitative estimate of drug-likeness (QED) is 0.292. The van der Waals surface area contributed by atoms with Crippen molar-refractivity contribution in [2.75, 3.05) is 24.9 Å². The first kappa shape index (κ1) is 26.5. The molecule has 4 rings (SSSR count). The van der Waals surface area contributed by atoms with Crippen LogP contribution in [0.5, 0.6) is 11.5 Å². The number of amides is 2. The Bertz CT molecular complexity index is 1390. The Labute approximate surface area is 222 Å². The SMILES string of the molecule is COc1ccc(CC(=O)Nc2ccc(Cn3cnc(C(=O)Nc4ccc(C(C)C)cc4)c3)cc2)cc1OC. The van der Waals surface area contributed by atoms with Crippen LogP contribution in [0.15, 0.2) is 79.3 Å². The van der Waals surface area contributed by atoms with Gasteiger partial charge in [0.05, 0.1) is 27.0 Å². The van der Waals surface area contributed by atoms with E-state index in [0.717, 1.165) is 16.8 Å². The van der Waals surface area contributed by atoms with Crippen molar-refractivity contribution in [2.45, 2.75) is 32.7 Å². The van der Waals surface area contributed by atoms with Crippen LogP contribution in [0.2, 0.25) is 0 Å². The highest BCUT2D eigenvalue weighted by molar-refractivity contribution is 6.02. The van der Waals surface area contributed by atoms with Gasteiger partial charge in [-0.1, -0.05) is 44.2 Å². The van der Waals surface area contributed by atoms with Gasteiger partial charge in [-0.2, -0.15) is 0 Å². The van der Waals surface area contributed by atoms with Crippen LogP contribution in [0.4, 0.5) is 11.4 Å². The van der Waals surface area contributed by atoms with E-state index in [-0.39, 0.29) is 18.2 Å². The Morgan fingerprint density at radius 2 is 1.47 bits per heavy atom. The van der Waals surface area contributed by atoms with Gasteiger partial charge in [-0.15, -0.1) is 0 Å². The van der Waals surface area contributed by atoms with Gasteiger partial charge in [-0.3, -0.25) is 9.59 Å². The summed E-state index contributed by atoms with van der Waals surface area (Å²) in [5.74, 6) is 1.25. The van der Waals surface area contributed by atoms with Crippen LogP contribution in [-0.4, -0.2) is 35.6 Å². The molecule has 2 N–H and O–H groups in total. The molecule has 2 amide bonds. The maximum atomic E-state index is 12.6. The third kappa shape index (κ3) is 6.79. The Balaban J connectivity index is 1.30. The summed E-state index contributed by atoms with van der Waals surface area (Å²) in [5, 5.41) is 5.80. The highest BCUT2D eigenvalue weighted by Gasteiger charge is 2.12. The molecule has 196 valence electrons. The van der Waals surface area contributed by atoms with Gasteiger partial charge in [-0.25, -0.2) is 4.98 Å². The van der Waals surface area contributed by atoms with E-state index in [1.54, 1.807) is 38.9 Å². The minimum absolute atomic E-state index is 0.130. The fraction of sp³-hybridized carbons (Fsp3) is 0.233. The molecule has 3 aromatic carbocycles. The Morgan fingerprint density at radius 1 is 0.842 bits per heavy atom. The largest absolute Gasteiger partial charge is 0.493 e. The molecule has 0 aliphatic carbocycles. The van der Waals surface area contributed by atoms with Crippen molar-refractivity contribution in [1.82, 2.24) is 9.55 Å².